The van der Waals surface area contributed by atoms with Gasteiger partial charge in [-0.1, -0.05) is 6.07 Å². The van der Waals surface area contributed by atoms with Crippen molar-refractivity contribution in [2.24, 2.45) is 0 Å². The van der Waals surface area contributed by atoms with E-state index in [9.17, 15) is 0 Å². The molecule has 1 aromatic rings. The molecule has 4 heteroatoms. The highest BCUT2D eigenvalue weighted by atomic mass is 16.5. The molecular weight excluding hydrogens is 194 g/mol. The maximum atomic E-state index is 5.58. The summed E-state index contributed by atoms with van der Waals surface area (Å²) in [6.45, 7) is 1.36. The van der Waals surface area contributed by atoms with Crippen LogP contribution >= 0.6 is 0 Å². The lowest BCUT2D eigenvalue weighted by molar-refractivity contribution is 0.276. The van der Waals surface area contributed by atoms with Crippen LogP contribution in [0.25, 0.3) is 0 Å². The summed E-state index contributed by atoms with van der Waals surface area (Å²) in [7, 11) is 5.10. The third kappa shape index (κ3) is 3.02. The third-order valence-electron chi connectivity index (χ3n) is 1.98. The number of likely N-dealkylation sites (N-methyl/N-ethyl adjacent to an activating group) is 1. The van der Waals surface area contributed by atoms with Crippen molar-refractivity contribution in [3.05, 3.63) is 18.2 Å². The molecule has 0 fully saturated rings. The molecule has 0 atom stereocenters. The average Bonchev–Trinajstić information content (AvgIpc) is 2.29. The highest BCUT2D eigenvalue weighted by Gasteiger charge is 2.10. The van der Waals surface area contributed by atoms with Crippen LogP contribution in [0, 0.1) is 0 Å². The standard InChI is InChI=1S/C11H17NO3/c1-12-7-8-15-11-9(13-2)5-4-6-10(11)14-3/h4-6,12H,7-8H2,1-3H3. The minimum Gasteiger partial charge on any atom is -0.493 e. The Bertz CT molecular complexity index is 280. The van der Waals surface area contributed by atoms with Crippen molar-refractivity contribution >= 4 is 0 Å². The number of para-hydroxylation sites is 1. The largest absolute Gasteiger partial charge is 0.493 e. The zero-order valence-electron chi connectivity index (χ0n) is 9.37. The number of rotatable bonds is 6. The molecule has 4 nitrogen and oxygen atoms in total. The highest BCUT2D eigenvalue weighted by Crippen LogP contribution is 2.36. The molecule has 0 saturated heterocycles. The molecular formula is C11H17NO3. The lowest BCUT2D eigenvalue weighted by Crippen LogP contribution is -2.16. The Balaban J connectivity index is 2.80. The first-order chi connectivity index (χ1) is 7.33. The van der Waals surface area contributed by atoms with Gasteiger partial charge in [0.05, 0.1) is 14.2 Å². The van der Waals surface area contributed by atoms with Crippen molar-refractivity contribution in [1.29, 1.82) is 0 Å². The molecule has 0 radical (unpaired) electrons. The predicted molar refractivity (Wildman–Crippen MR) is 59.0 cm³/mol. The van der Waals surface area contributed by atoms with Gasteiger partial charge in [-0.05, 0) is 19.2 Å². The molecule has 15 heavy (non-hydrogen) atoms. The maximum Gasteiger partial charge on any atom is 0.203 e. The molecule has 0 heterocycles. The topological polar surface area (TPSA) is 39.7 Å². The van der Waals surface area contributed by atoms with E-state index in [0.29, 0.717) is 23.9 Å². The van der Waals surface area contributed by atoms with E-state index in [2.05, 4.69) is 5.32 Å². The molecule has 1 rings (SSSR count). The summed E-state index contributed by atoms with van der Waals surface area (Å²) in [6, 6.07) is 5.55. The smallest absolute Gasteiger partial charge is 0.203 e. The van der Waals surface area contributed by atoms with Crippen LogP contribution in [-0.4, -0.2) is 34.4 Å². The second kappa shape index (κ2) is 6.14. The van der Waals surface area contributed by atoms with Gasteiger partial charge in [-0.3, -0.25) is 0 Å². The predicted octanol–water partition coefficient (Wildman–Crippen LogP) is 1.30. The van der Waals surface area contributed by atoms with Gasteiger partial charge in [0.15, 0.2) is 11.5 Å². The summed E-state index contributed by atoms with van der Waals surface area (Å²) in [4.78, 5) is 0. The van der Waals surface area contributed by atoms with Gasteiger partial charge in [0, 0.05) is 6.54 Å². The van der Waals surface area contributed by atoms with Crippen LogP contribution in [-0.2, 0) is 0 Å². The molecule has 1 aromatic carbocycles. The van der Waals surface area contributed by atoms with E-state index in [1.165, 1.54) is 0 Å². The fourth-order valence-corrected chi connectivity index (χ4v) is 1.21. The van der Waals surface area contributed by atoms with Crippen molar-refractivity contribution in [2.45, 2.75) is 0 Å². The van der Waals surface area contributed by atoms with E-state index in [1.807, 2.05) is 25.2 Å². The summed E-state index contributed by atoms with van der Waals surface area (Å²) < 4.78 is 16.0. The quantitative estimate of drug-likeness (QED) is 0.720. The van der Waals surface area contributed by atoms with E-state index < -0.39 is 0 Å². The summed E-state index contributed by atoms with van der Waals surface area (Å²) >= 11 is 0. The van der Waals surface area contributed by atoms with Crippen molar-refractivity contribution < 1.29 is 14.2 Å². The van der Waals surface area contributed by atoms with Gasteiger partial charge >= 0.3 is 0 Å². The highest BCUT2D eigenvalue weighted by molar-refractivity contribution is 5.51. The van der Waals surface area contributed by atoms with Gasteiger partial charge in [-0.2, -0.15) is 0 Å². The van der Waals surface area contributed by atoms with Crippen molar-refractivity contribution in [2.75, 3.05) is 34.4 Å². The van der Waals surface area contributed by atoms with Crippen LogP contribution in [0.5, 0.6) is 17.2 Å². The van der Waals surface area contributed by atoms with Crippen molar-refractivity contribution in [3.63, 3.8) is 0 Å². The van der Waals surface area contributed by atoms with Gasteiger partial charge < -0.3 is 19.5 Å². The summed E-state index contributed by atoms with van der Waals surface area (Å²) in [5.41, 5.74) is 0. The van der Waals surface area contributed by atoms with Gasteiger partial charge in [0.2, 0.25) is 5.75 Å². The van der Waals surface area contributed by atoms with Crippen LogP contribution in [0.1, 0.15) is 0 Å². The number of benzene rings is 1. The Morgan fingerprint density at radius 2 is 1.73 bits per heavy atom. The number of hydrogen-bond donors (Lipinski definition) is 1. The molecule has 0 aliphatic heterocycles. The molecule has 0 spiro atoms. The number of methoxy groups -OCH3 is 2. The van der Waals surface area contributed by atoms with Gasteiger partial charge in [-0.25, -0.2) is 0 Å². The molecule has 0 saturated carbocycles. The molecule has 1 N–H and O–H groups in total. The summed E-state index contributed by atoms with van der Waals surface area (Å²) in [5, 5.41) is 3.01. The Morgan fingerprint density at radius 3 is 2.20 bits per heavy atom. The lowest BCUT2D eigenvalue weighted by Gasteiger charge is -2.13. The van der Waals surface area contributed by atoms with E-state index in [4.69, 9.17) is 14.2 Å². The number of nitrogens with one attached hydrogen (secondary N) is 1. The first-order valence-electron chi connectivity index (χ1n) is 4.82. The third-order valence-corrected chi connectivity index (χ3v) is 1.98. The van der Waals surface area contributed by atoms with Gasteiger partial charge in [0.25, 0.3) is 0 Å². The van der Waals surface area contributed by atoms with Crippen LogP contribution in [0.2, 0.25) is 0 Å². The Hall–Kier alpha value is -1.42. The minimum absolute atomic E-state index is 0.577. The van der Waals surface area contributed by atoms with E-state index in [-0.39, 0.29) is 0 Å². The Morgan fingerprint density at radius 1 is 1.13 bits per heavy atom. The van der Waals surface area contributed by atoms with Gasteiger partial charge in [0.1, 0.15) is 6.61 Å². The van der Waals surface area contributed by atoms with Crippen molar-refractivity contribution in [1.82, 2.24) is 5.32 Å². The summed E-state index contributed by atoms with van der Waals surface area (Å²) in [6.07, 6.45) is 0. The zero-order chi connectivity index (χ0) is 11.1. The number of ether oxygens (including phenoxy) is 3. The van der Waals surface area contributed by atoms with Crippen LogP contribution in [0.15, 0.2) is 18.2 Å². The monoisotopic (exact) mass is 211 g/mol. The van der Waals surface area contributed by atoms with Crippen LogP contribution in [0.3, 0.4) is 0 Å². The van der Waals surface area contributed by atoms with Gasteiger partial charge in [-0.15, -0.1) is 0 Å². The zero-order valence-corrected chi connectivity index (χ0v) is 9.37. The SMILES string of the molecule is CNCCOc1c(OC)cccc1OC. The van der Waals surface area contributed by atoms with E-state index >= 15 is 0 Å². The average molecular weight is 211 g/mol. The van der Waals surface area contributed by atoms with Crippen LogP contribution in [0.4, 0.5) is 0 Å². The normalized spacial score (nSPS) is 9.80. The molecule has 0 aliphatic carbocycles. The molecule has 0 unspecified atom stereocenters. The van der Waals surface area contributed by atoms with E-state index in [1.54, 1.807) is 14.2 Å². The first-order valence-corrected chi connectivity index (χ1v) is 4.82. The first kappa shape index (κ1) is 11.7. The summed E-state index contributed by atoms with van der Waals surface area (Å²) in [5.74, 6) is 2.02. The van der Waals surface area contributed by atoms with Crippen LogP contribution < -0.4 is 19.5 Å². The molecule has 0 aliphatic rings. The molecule has 0 aromatic heterocycles. The lowest BCUT2D eigenvalue weighted by atomic mass is 10.3. The van der Waals surface area contributed by atoms with E-state index in [0.717, 1.165) is 6.54 Å². The Kier molecular flexibility index (Phi) is 4.77. The maximum absolute atomic E-state index is 5.58. The minimum atomic E-state index is 0.577. The fraction of sp³-hybridized carbons (Fsp3) is 0.455. The number of hydrogen-bond acceptors (Lipinski definition) is 4. The fourth-order valence-electron chi connectivity index (χ4n) is 1.21. The molecule has 84 valence electrons. The molecule has 0 bridgehead atoms. The second-order valence-corrected chi connectivity index (χ2v) is 2.94. The Labute approximate surface area is 90.1 Å². The molecule has 0 amide bonds. The second-order valence-electron chi connectivity index (χ2n) is 2.94. The van der Waals surface area contributed by atoms with Crippen molar-refractivity contribution in [3.8, 4) is 17.2 Å².